The van der Waals surface area contributed by atoms with Gasteiger partial charge in [0.25, 0.3) is 0 Å². The summed E-state index contributed by atoms with van der Waals surface area (Å²) in [6.45, 7) is -1.73. The largest absolute Gasteiger partial charge is 2.00 e. The number of carboxylic acids is 2. The predicted octanol–water partition coefficient (Wildman–Crippen LogP) is -9.66. The minimum Gasteiger partial charge on any atom is -0.547 e. The summed E-state index contributed by atoms with van der Waals surface area (Å²) in [6.07, 6.45) is -16.2. The van der Waals surface area contributed by atoms with E-state index in [1.54, 1.807) is 0 Å². The van der Waals surface area contributed by atoms with E-state index in [2.05, 4.69) is 0 Å². The number of carbonyl (C=O) groups is 2. The van der Waals surface area contributed by atoms with Crippen molar-refractivity contribution in [3.8, 4) is 0 Å². The van der Waals surface area contributed by atoms with Gasteiger partial charge in [-0.15, -0.1) is 0 Å². The maximum Gasteiger partial charge on any atom is 2.00 e. The molecule has 0 saturated heterocycles. The first-order chi connectivity index (χ1) is 11.8. The Kier molecular flexibility index (Phi) is 17.3. The van der Waals surface area contributed by atoms with Crippen LogP contribution in [-0.4, -0.2) is 125 Å². The molecule has 0 spiro atoms. The van der Waals surface area contributed by atoms with Gasteiger partial charge in [0, 0.05) is 0 Å². The third-order valence-electron chi connectivity index (χ3n) is 2.99. The Balaban J connectivity index is -0.000000411. The van der Waals surface area contributed by atoms with Gasteiger partial charge in [-0.25, -0.2) is 0 Å². The Hall–Kier alpha value is -0.837. The van der Waals surface area contributed by atoms with Crippen molar-refractivity contribution in [2.24, 2.45) is 0 Å². The van der Waals surface area contributed by atoms with E-state index in [1.165, 1.54) is 0 Å². The fraction of sp³-hybridized carbons (Fsp3) is 0.833. The Morgan fingerprint density at radius 3 is 0.963 bits per heavy atom. The van der Waals surface area contributed by atoms with Gasteiger partial charge in [0.15, 0.2) is 0 Å². The second-order valence-corrected chi connectivity index (χ2v) is 4.99. The van der Waals surface area contributed by atoms with Gasteiger partial charge in [-0.2, -0.15) is 0 Å². The Bertz CT molecular complexity index is 385. The third-order valence-corrected chi connectivity index (χ3v) is 2.99. The van der Waals surface area contributed by atoms with Crippen LogP contribution in [0, 0.1) is 0 Å². The smallest absolute Gasteiger partial charge is 0.547 e. The van der Waals surface area contributed by atoms with Crippen LogP contribution < -0.4 is 10.2 Å². The van der Waals surface area contributed by atoms with Crippen LogP contribution in [-0.2, 0) is 29.1 Å². The van der Waals surface area contributed by atoms with Crippen molar-refractivity contribution in [2.45, 2.75) is 48.8 Å². The van der Waals surface area contributed by atoms with Gasteiger partial charge >= 0.3 is 19.5 Å². The standard InChI is InChI=1S/2C6H12O7.Zn/c2*7-1-2(8)3(9)4(10)5(11)6(12)13;/h2*2-5,7-11H,1H2,(H,12,13);/q;;+2/p-2. The first-order valence-corrected chi connectivity index (χ1v) is 6.91. The zero-order chi connectivity index (χ0) is 21.2. The molecule has 0 aliphatic rings. The number of aliphatic hydroxyl groups is 10. The molecule has 156 valence electrons. The van der Waals surface area contributed by atoms with E-state index in [-0.39, 0.29) is 19.5 Å². The van der Waals surface area contributed by atoms with Crippen LogP contribution in [0.1, 0.15) is 0 Å². The number of aliphatic hydroxyl groups excluding tert-OH is 10. The number of carboxylic acid groups (broad SMARTS) is 2. The van der Waals surface area contributed by atoms with Crippen molar-refractivity contribution in [3.63, 3.8) is 0 Å². The minimum atomic E-state index is -2.31. The summed E-state index contributed by atoms with van der Waals surface area (Å²) < 4.78 is 0. The molecule has 0 rings (SSSR count). The maximum atomic E-state index is 9.98. The van der Waals surface area contributed by atoms with Gasteiger partial charge in [0.1, 0.15) is 48.8 Å². The SMILES string of the molecule is O=C([O-])C(O)C(O)C(O)C(O)CO.O=C([O-])C(O)C(O)C(O)C(O)CO.[Zn+2]. The second kappa shape index (κ2) is 15.1. The van der Waals surface area contributed by atoms with E-state index in [0.29, 0.717) is 0 Å². The van der Waals surface area contributed by atoms with Crippen LogP contribution in [0.3, 0.4) is 0 Å². The van der Waals surface area contributed by atoms with Gasteiger partial charge in [-0.1, -0.05) is 0 Å². The Morgan fingerprint density at radius 2 is 0.815 bits per heavy atom. The average Bonchev–Trinajstić information content (AvgIpc) is 2.62. The van der Waals surface area contributed by atoms with E-state index >= 15 is 0 Å². The molecule has 0 aromatic heterocycles. The third kappa shape index (κ3) is 10.9. The van der Waals surface area contributed by atoms with Gasteiger partial charge in [-0.3, -0.25) is 0 Å². The molecule has 0 heterocycles. The van der Waals surface area contributed by atoms with Crippen LogP contribution in [0.2, 0.25) is 0 Å². The zero-order valence-corrected chi connectivity index (χ0v) is 16.8. The molecule has 0 radical (unpaired) electrons. The van der Waals surface area contributed by atoms with Crippen LogP contribution >= 0.6 is 0 Å². The summed E-state index contributed by atoms with van der Waals surface area (Å²) >= 11 is 0. The molecule has 0 aliphatic heterocycles. The number of carbonyl (C=O) groups excluding carboxylic acids is 2. The van der Waals surface area contributed by atoms with Crippen molar-refractivity contribution in [3.05, 3.63) is 0 Å². The predicted molar refractivity (Wildman–Crippen MR) is 72.2 cm³/mol. The zero-order valence-electron chi connectivity index (χ0n) is 13.8. The molecule has 0 fully saturated rings. The van der Waals surface area contributed by atoms with Gasteiger partial charge in [0.05, 0.1) is 25.2 Å². The van der Waals surface area contributed by atoms with E-state index in [9.17, 15) is 19.8 Å². The molecule has 0 aliphatic carbocycles. The molecule has 0 bridgehead atoms. The summed E-state index contributed by atoms with van der Waals surface area (Å²) in [5, 5.41) is 107. The molecule has 10 N–H and O–H groups in total. The van der Waals surface area contributed by atoms with Crippen molar-refractivity contribution in [2.75, 3.05) is 13.2 Å². The van der Waals surface area contributed by atoms with E-state index in [0.717, 1.165) is 0 Å². The summed E-state index contributed by atoms with van der Waals surface area (Å²) in [5.41, 5.74) is 0. The number of aliphatic carboxylic acids is 2. The molecule has 0 saturated carbocycles. The Labute approximate surface area is 164 Å². The summed E-state index contributed by atoms with van der Waals surface area (Å²) in [7, 11) is 0. The maximum absolute atomic E-state index is 9.98. The summed E-state index contributed by atoms with van der Waals surface area (Å²) in [5.74, 6) is -3.95. The normalized spacial score (nSPS) is 19.6. The number of rotatable bonds is 10. The molecule has 0 aromatic carbocycles. The van der Waals surface area contributed by atoms with Crippen LogP contribution in [0.25, 0.3) is 0 Å². The molecule has 8 unspecified atom stereocenters. The second-order valence-electron chi connectivity index (χ2n) is 4.99. The number of hydrogen-bond donors (Lipinski definition) is 10. The average molecular weight is 456 g/mol. The van der Waals surface area contributed by atoms with Crippen molar-refractivity contribution in [1.82, 2.24) is 0 Å². The first kappa shape index (κ1) is 30.9. The molecule has 15 heteroatoms. The van der Waals surface area contributed by atoms with Gasteiger partial charge in [0.2, 0.25) is 0 Å². The van der Waals surface area contributed by atoms with Gasteiger partial charge in [-0.05, 0) is 0 Å². The van der Waals surface area contributed by atoms with E-state index in [4.69, 9.17) is 51.1 Å². The topological polar surface area (TPSA) is 283 Å². The summed E-state index contributed by atoms with van der Waals surface area (Å²) in [6, 6.07) is 0. The van der Waals surface area contributed by atoms with Crippen molar-refractivity contribution < 1.29 is 90.3 Å². The van der Waals surface area contributed by atoms with Crippen LogP contribution in [0.15, 0.2) is 0 Å². The van der Waals surface area contributed by atoms with Crippen molar-refractivity contribution >= 4 is 11.9 Å². The molecule has 8 atom stereocenters. The minimum absolute atomic E-state index is 0. The molecule has 0 amide bonds. The molecule has 14 nitrogen and oxygen atoms in total. The summed E-state index contributed by atoms with van der Waals surface area (Å²) in [4.78, 5) is 20.0. The van der Waals surface area contributed by atoms with Crippen LogP contribution in [0.4, 0.5) is 0 Å². The van der Waals surface area contributed by atoms with E-state index in [1.807, 2.05) is 0 Å². The molecular weight excluding hydrogens is 434 g/mol. The van der Waals surface area contributed by atoms with Crippen LogP contribution in [0.5, 0.6) is 0 Å². The quantitative estimate of drug-likeness (QED) is 0.137. The van der Waals surface area contributed by atoms with Crippen molar-refractivity contribution in [1.29, 1.82) is 0 Å². The first-order valence-electron chi connectivity index (χ1n) is 6.91. The molecular formula is C12H22O14Zn. The monoisotopic (exact) mass is 454 g/mol. The Morgan fingerprint density at radius 1 is 0.593 bits per heavy atom. The van der Waals surface area contributed by atoms with Gasteiger partial charge < -0.3 is 70.9 Å². The van der Waals surface area contributed by atoms with E-state index < -0.39 is 74.0 Å². The number of hydrogen-bond acceptors (Lipinski definition) is 14. The fourth-order valence-corrected chi connectivity index (χ4v) is 1.32. The molecule has 27 heavy (non-hydrogen) atoms. The fourth-order valence-electron chi connectivity index (χ4n) is 1.32. The molecule has 0 aromatic rings.